The van der Waals surface area contributed by atoms with Crippen LogP contribution in [0.5, 0.6) is 0 Å². The highest BCUT2D eigenvalue weighted by atomic mass is 16.4. The number of rotatable bonds is 6. The number of aromatic carboxylic acids is 1. The van der Waals surface area contributed by atoms with E-state index in [0.717, 1.165) is 19.3 Å². The van der Waals surface area contributed by atoms with Crippen molar-refractivity contribution in [1.82, 2.24) is 5.32 Å². The van der Waals surface area contributed by atoms with Gasteiger partial charge in [-0.3, -0.25) is 4.79 Å². The lowest BCUT2D eigenvalue weighted by atomic mass is 9.75. The minimum atomic E-state index is -0.940. The second kappa shape index (κ2) is 6.07. The maximum Gasteiger partial charge on any atom is 0.335 e. The van der Waals surface area contributed by atoms with Gasteiger partial charge < -0.3 is 10.4 Å². The maximum atomic E-state index is 12.0. The molecule has 0 spiro atoms. The van der Waals surface area contributed by atoms with Gasteiger partial charge in [0.05, 0.1) is 5.56 Å². The van der Waals surface area contributed by atoms with Crippen LogP contribution in [0.15, 0.2) is 24.3 Å². The number of amides is 1. The average Bonchev–Trinajstić information content (AvgIpc) is 2.41. The van der Waals surface area contributed by atoms with Gasteiger partial charge in [0.1, 0.15) is 0 Å². The third kappa shape index (κ3) is 3.18. The molecule has 0 radical (unpaired) electrons. The second-order valence-electron chi connectivity index (χ2n) is 5.50. The van der Waals surface area contributed by atoms with Crippen molar-refractivity contribution in [1.29, 1.82) is 0 Å². The van der Waals surface area contributed by atoms with Crippen LogP contribution < -0.4 is 5.32 Å². The molecule has 2 rings (SSSR count). The summed E-state index contributed by atoms with van der Waals surface area (Å²) in [4.78, 5) is 23.1. The van der Waals surface area contributed by atoms with E-state index in [2.05, 4.69) is 12.2 Å². The van der Waals surface area contributed by atoms with Crippen molar-refractivity contribution in [2.24, 2.45) is 0 Å². The van der Waals surface area contributed by atoms with Gasteiger partial charge in [0.25, 0.3) is 0 Å². The standard InChI is InChI=1S/C16H21NO3/c1-2-16(10-5-11-16)17-14(18)9-8-12-6-3-4-7-13(12)15(19)20/h3-4,6-7H,2,5,8-11H2,1H3,(H,17,18)(H,19,20). The molecule has 20 heavy (non-hydrogen) atoms. The summed E-state index contributed by atoms with van der Waals surface area (Å²) >= 11 is 0. The predicted octanol–water partition coefficient (Wildman–Crippen LogP) is 2.77. The molecule has 2 N–H and O–H groups in total. The Bertz CT molecular complexity index is 501. The summed E-state index contributed by atoms with van der Waals surface area (Å²) in [6, 6.07) is 6.86. The first-order chi connectivity index (χ1) is 9.56. The lowest BCUT2D eigenvalue weighted by Crippen LogP contribution is -2.53. The highest BCUT2D eigenvalue weighted by Gasteiger charge is 2.36. The highest BCUT2D eigenvalue weighted by molar-refractivity contribution is 5.89. The molecule has 1 amide bonds. The Hall–Kier alpha value is -1.84. The van der Waals surface area contributed by atoms with Crippen LogP contribution >= 0.6 is 0 Å². The van der Waals surface area contributed by atoms with Gasteiger partial charge in [-0.15, -0.1) is 0 Å². The molecular formula is C16H21NO3. The second-order valence-corrected chi connectivity index (χ2v) is 5.50. The molecule has 1 fully saturated rings. The highest BCUT2D eigenvalue weighted by Crippen LogP contribution is 2.34. The Morgan fingerprint density at radius 2 is 2.00 bits per heavy atom. The van der Waals surface area contributed by atoms with Gasteiger partial charge in [0.2, 0.25) is 5.91 Å². The molecule has 1 saturated carbocycles. The number of hydrogen-bond acceptors (Lipinski definition) is 2. The summed E-state index contributed by atoms with van der Waals surface area (Å²) in [7, 11) is 0. The predicted molar refractivity (Wildman–Crippen MR) is 76.7 cm³/mol. The van der Waals surface area contributed by atoms with E-state index in [-0.39, 0.29) is 17.0 Å². The van der Waals surface area contributed by atoms with Crippen LogP contribution in [-0.2, 0) is 11.2 Å². The Morgan fingerprint density at radius 1 is 1.30 bits per heavy atom. The molecule has 4 heteroatoms. The zero-order valence-electron chi connectivity index (χ0n) is 11.8. The maximum absolute atomic E-state index is 12.0. The first-order valence-corrected chi connectivity index (χ1v) is 7.18. The number of carboxylic acids is 1. The van der Waals surface area contributed by atoms with Crippen LogP contribution in [0.4, 0.5) is 0 Å². The van der Waals surface area contributed by atoms with E-state index in [9.17, 15) is 9.59 Å². The zero-order chi connectivity index (χ0) is 14.6. The Labute approximate surface area is 119 Å². The van der Waals surface area contributed by atoms with Crippen LogP contribution in [0.25, 0.3) is 0 Å². The topological polar surface area (TPSA) is 66.4 Å². The van der Waals surface area contributed by atoms with E-state index >= 15 is 0 Å². The molecule has 1 aliphatic rings. The van der Waals surface area contributed by atoms with Crippen molar-refractivity contribution >= 4 is 11.9 Å². The molecule has 0 unspecified atom stereocenters. The molecule has 0 atom stereocenters. The van der Waals surface area contributed by atoms with Crippen LogP contribution in [0.3, 0.4) is 0 Å². The van der Waals surface area contributed by atoms with Crippen molar-refractivity contribution in [3.05, 3.63) is 35.4 Å². The molecule has 0 aromatic heterocycles. The number of carbonyl (C=O) groups is 2. The summed E-state index contributed by atoms with van der Waals surface area (Å²) in [5, 5.41) is 12.2. The molecule has 0 bridgehead atoms. The summed E-state index contributed by atoms with van der Waals surface area (Å²) in [5.41, 5.74) is 1.01. The van der Waals surface area contributed by atoms with Gasteiger partial charge in [-0.2, -0.15) is 0 Å². The van der Waals surface area contributed by atoms with Gasteiger partial charge >= 0.3 is 5.97 Å². The summed E-state index contributed by atoms with van der Waals surface area (Å²) in [6.07, 6.45) is 5.06. The lowest BCUT2D eigenvalue weighted by molar-refractivity contribution is -0.124. The minimum absolute atomic E-state index is 0.00337. The van der Waals surface area contributed by atoms with Crippen molar-refractivity contribution in [3.8, 4) is 0 Å². The number of nitrogens with one attached hydrogen (secondary N) is 1. The molecule has 0 saturated heterocycles. The molecule has 0 aliphatic heterocycles. The minimum Gasteiger partial charge on any atom is -0.478 e. The van der Waals surface area contributed by atoms with E-state index in [1.54, 1.807) is 24.3 Å². The number of carboxylic acid groups (broad SMARTS) is 1. The van der Waals surface area contributed by atoms with Gasteiger partial charge in [-0.25, -0.2) is 4.79 Å². The SMILES string of the molecule is CCC1(NC(=O)CCc2ccccc2C(=O)O)CCC1. The largest absolute Gasteiger partial charge is 0.478 e. The number of hydrogen-bond donors (Lipinski definition) is 2. The van der Waals surface area contributed by atoms with Gasteiger partial charge in [-0.1, -0.05) is 25.1 Å². The Morgan fingerprint density at radius 3 is 2.55 bits per heavy atom. The molecule has 0 heterocycles. The average molecular weight is 275 g/mol. The number of carbonyl (C=O) groups excluding carboxylic acids is 1. The monoisotopic (exact) mass is 275 g/mol. The van der Waals surface area contributed by atoms with Crippen molar-refractivity contribution in [3.63, 3.8) is 0 Å². The molecule has 108 valence electrons. The zero-order valence-corrected chi connectivity index (χ0v) is 11.8. The Kier molecular flexibility index (Phi) is 4.42. The fourth-order valence-corrected chi connectivity index (χ4v) is 2.72. The number of aryl methyl sites for hydroxylation is 1. The first-order valence-electron chi connectivity index (χ1n) is 7.18. The fraction of sp³-hybridized carbons (Fsp3) is 0.500. The van der Waals surface area contributed by atoms with Crippen LogP contribution in [0.2, 0.25) is 0 Å². The van der Waals surface area contributed by atoms with Crippen LogP contribution in [-0.4, -0.2) is 22.5 Å². The molecule has 4 nitrogen and oxygen atoms in total. The van der Waals surface area contributed by atoms with E-state index in [4.69, 9.17) is 5.11 Å². The van der Waals surface area contributed by atoms with Gasteiger partial charge in [0, 0.05) is 12.0 Å². The fourth-order valence-electron chi connectivity index (χ4n) is 2.72. The molecule has 1 aliphatic carbocycles. The van der Waals surface area contributed by atoms with E-state index < -0.39 is 5.97 Å². The third-order valence-corrected chi connectivity index (χ3v) is 4.26. The molecule has 1 aromatic carbocycles. The smallest absolute Gasteiger partial charge is 0.335 e. The van der Waals surface area contributed by atoms with E-state index in [0.29, 0.717) is 18.4 Å². The normalized spacial score (nSPS) is 16.2. The van der Waals surface area contributed by atoms with Crippen molar-refractivity contribution in [2.75, 3.05) is 0 Å². The third-order valence-electron chi connectivity index (χ3n) is 4.26. The van der Waals surface area contributed by atoms with E-state index in [1.165, 1.54) is 6.42 Å². The van der Waals surface area contributed by atoms with Crippen LogP contribution in [0, 0.1) is 0 Å². The Balaban J connectivity index is 1.92. The molecule has 1 aromatic rings. The van der Waals surface area contributed by atoms with Crippen LogP contribution in [0.1, 0.15) is 54.9 Å². The van der Waals surface area contributed by atoms with Gasteiger partial charge in [-0.05, 0) is 43.7 Å². The summed E-state index contributed by atoms with van der Waals surface area (Å²) < 4.78 is 0. The molecular weight excluding hydrogens is 254 g/mol. The quantitative estimate of drug-likeness (QED) is 0.839. The van der Waals surface area contributed by atoms with E-state index in [1.807, 2.05) is 0 Å². The van der Waals surface area contributed by atoms with Crippen molar-refractivity contribution in [2.45, 2.75) is 51.0 Å². The van der Waals surface area contributed by atoms with Crippen molar-refractivity contribution < 1.29 is 14.7 Å². The first kappa shape index (κ1) is 14.6. The number of benzene rings is 1. The van der Waals surface area contributed by atoms with Gasteiger partial charge in [0.15, 0.2) is 0 Å². The summed E-state index contributed by atoms with van der Waals surface area (Å²) in [5.74, 6) is -0.920. The lowest BCUT2D eigenvalue weighted by Gasteiger charge is -2.42. The summed E-state index contributed by atoms with van der Waals surface area (Å²) in [6.45, 7) is 2.10.